The van der Waals surface area contributed by atoms with Crippen LogP contribution in [0, 0.1) is 6.92 Å². The monoisotopic (exact) mass is 332 g/mol. The van der Waals surface area contributed by atoms with Crippen LogP contribution in [0.2, 0.25) is 0 Å². The van der Waals surface area contributed by atoms with E-state index in [0.29, 0.717) is 11.4 Å². The summed E-state index contributed by atoms with van der Waals surface area (Å²) in [5.74, 6) is 0.194. The Morgan fingerprint density at radius 2 is 2.25 bits per heavy atom. The lowest BCUT2D eigenvalue weighted by Crippen LogP contribution is -2.31. The van der Waals surface area contributed by atoms with Crippen LogP contribution in [0.5, 0.6) is 0 Å². The third kappa shape index (κ3) is 2.81. The van der Waals surface area contributed by atoms with Crippen molar-refractivity contribution in [2.24, 2.45) is 4.99 Å². The maximum Gasteiger partial charge on any atom is 0.322 e. The van der Waals surface area contributed by atoms with Crippen LogP contribution in [0.4, 0.5) is 10.5 Å². The van der Waals surface area contributed by atoms with Gasteiger partial charge >= 0.3 is 6.03 Å². The number of urea groups is 1. The number of hydrogen-bond donors (Lipinski definition) is 3. The van der Waals surface area contributed by atoms with Crippen LogP contribution in [0.25, 0.3) is 0 Å². The normalized spacial score (nSPS) is 24.3. The van der Waals surface area contributed by atoms with E-state index in [9.17, 15) is 19.5 Å². The SMILES string of the molecule is C=CC(=Nc1cc(C2NC(=O)NC2=O)oc1C)N1CC(O)CC1=O. The lowest BCUT2D eigenvalue weighted by molar-refractivity contribution is -0.124. The summed E-state index contributed by atoms with van der Waals surface area (Å²) >= 11 is 0. The van der Waals surface area contributed by atoms with Crippen LogP contribution in [0.1, 0.15) is 24.0 Å². The van der Waals surface area contributed by atoms with Gasteiger partial charge in [-0.25, -0.2) is 9.79 Å². The molecule has 3 rings (SSSR count). The minimum Gasteiger partial charge on any atom is -0.461 e. The first kappa shape index (κ1) is 15.9. The number of aryl methyl sites for hydroxylation is 1. The van der Waals surface area contributed by atoms with Crippen molar-refractivity contribution in [2.75, 3.05) is 6.54 Å². The minimum absolute atomic E-state index is 0.0384. The summed E-state index contributed by atoms with van der Waals surface area (Å²) < 4.78 is 5.50. The van der Waals surface area contributed by atoms with Crippen molar-refractivity contribution >= 4 is 29.4 Å². The maximum atomic E-state index is 11.9. The van der Waals surface area contributed by atoms with Gasteiger partial charge in [-0.15, -0.1) is 0 Å². The summed E-state index contributed by atoms with van der Waals surface area (Å²) in [7, 11) is 0. The molecule has 3 N–H and O–H groups in total. The average Bonchev–Trinajstić information content (AvgIpc) is 3.14. The highest BCUT2D eigenvalue weighted by Crippen LogP contribution is 2.29. The Bertz CT molecular complexity index is 766. The number of aliphatic imine (C=N–C) groups is 1. The molecule has 3 heterocycles. The third-order valence-electron chi connectivity index (χ3n) is 3.77. The predicted octanol–water partition coefficient (Wildman–Crippen LogP) is 0.278. The van der Waals surface area contributed by atoms with Crippen LogP contribution in [0.3, 0.4) is 0 Å². The van der Waals surface area contributed by atoms with Gasteiger partial charge in [0.25, 0.3) is 5.91 Å². The summed E-state index contributed by atoms with van der Waals surface area (Å²) in [4.78, 5) is 40.4. The fourth-order valence-corrected chi connectivity index (χ4v) is 2.62. The largest absolute Gasteiger partial charge is 0.461 e. The van der Waals surface area contributed by atoms with Crippen molar-refractivity contribution in [1.82, 2.24) is 15.5 Å². The third-order valence-corrected chi connectivity index (χ3v) is 3.77. The molecule has 4 amide bonds. The van der Waals surface area contributed by atoms with Crippen LogP contribution in [0.15, 0.2) is 28.1 Å². The van der Waals surface area contributed by atoms with Crippen LogP contribution in [-0.4, -0.2) is 46.3 Å². The Morgan fingerprint density at radius 1 is 1.50 bits per heavy atom. The first-order valence-corrected chi connectivity index (χ1v) is 7.30. The molecule has 2 saturated heterocycles. The Hall–Kier alpha value is -2.94. The van der Waals surface area contributed by atoms with Gasteiger partial charge in [-0.3, -0.25) is 19.8 Å². The molecule has 2 unspecified atom stereocenters. The second kappa shape index (κ2) is 5.93. The van der Waals surface area contributed by atoms with E-state index in [1.54, 1.807) is 6.92 Å². The Morgan fingerprint density at radius 3 is 2.79 bits per heavy atom. The van der Waals surface area contributed by atoms with Gasteiger partial charge in [-0.05, 0) is 13.0 Å². The zero-order valence-electron chi connectivity index (χ0n) is 12.9. The van der Waals surface area contributed by atoms with E-state index in [4.69, 9.17) is 4.42 Å². The molecular formula is C15H16N4O5. The van der Waals surface area contributed by atoms with Gasteiger partial charge < -0.3 is 14.8 Å². The molecule has 24 heavy (non-hydrogen) atoms. The van der Waals surface area contributed by atoms with Crippen molar-refractivity contribution in [1.29, 1.82) is 0 Å². The van der Waals surface area contributed by atoms with Gasteiger partial charge in [0.1, 0.15) is 23.0 Å². The zero-order chi connectivity index (χ0) is 17.4. The summed E-state index contributed by atoms with van der Waals surface area (Å²) in [6, 6.07) is 0.0150. The Labute approximate surface area is 137 Å². The predicted molar refractivity (Wildman–Crippen MR) is 82.5 cm³/mol. The Balaban J connectivity index is 1.89. The Kier molecular flexibility index (Phi) is 3.94. The molecule has 0 bridgehead atoms. The van der Waals surface area contributed by atoms with Crippen molar-refractivity contribution in [2.45, 2.75) is 25.5 Å². The fourth-order valence-electron chi connectivity index (χ4n) is 2.62. The topological polar surface area (TPSA) is 124 Å². The maximum absolute atomic E-state index is 11.9. The molecule has 2 atom stereocenters. The van der Waals surface area contributed by atoms with Gasteiger partial charge in [-0.2, -0.15) is 0 Å². The summed E-state index contributed by atoms with van der Waals surface area (Å²) in [5.41, 5.74) is 0.406. The molecule has 1 aromatic rings. The number of furan rings is 1. The molecule has 9 heteroatoms. The van der Waals surface area contributed by atoms with E-state index in [0.717, 1.165) is 0 Å². The zero-order valence-corrected chi connectivity index (χ0v) is 12.9. The number of carbonyl (C=O) groups is 3. The number of imide groups is 1. The van der Waals surface area contributed by atoms with Crippen LogP contribution < -0.4 is 10.6 Å². The number of amides is 4. The molecule has 2 fully saturated rings. The second-order valence-electron chi connectivity index (χ2n) is 5.52. The number of nitrogens with one attached hydrogen (secondary N) is 2. The summed E-state index contributed by atoms with van der Waals surface area (Å²) in [6.45, 7) is 5.44. The molecule has 126 valence electrons. The first-order chi connectivity index (χ1) is 11.4. The van der Waals surface area contributed by atoms with E-state index in [2.05, 4.69) is 22.2 Å². The molecular weight excluding hydrogens is 316 g/mol. The van der Waals surface area contributed by atoms with E-state index in [1.807, 2.05) is 0 Å². The number of aliphatic hydroxyl groups is 1. The number of likely N-dealkylation sites (tertiary alicyclic amines) is 1. The van der Waals surface area contributed by atoms with Crippen molar-refractivity contribution in [3.05, 3.63) is 30.2 Å². The molecule has 0 radical (unpaired) electrons. The lowest BCUT2D eigenvalue weighted by atomic mass is 10.2. The smallest absolute Gasteiger partial charge is 0.322 e. The molecule has 1 aromatic heterocycles. The van der Waals surface area contributed by atoms with Gasteiger partial charge in [0.2, 0.25) is 5.91 Å². The molecule has 2 aliphatic heterocycles. The van der Waals surface area contributed by atoms with Gasteiger partial charge in [-0.1, -0.05) is 6.58 Å². The number of amidine groups is 1. The highest BCUT2D eigenvalue weighted by Gasteiger charge is 2.34. The number of carbonyl (C=O) groups excluding carboxylic acids is 3. The molecule has 9 nitrogen and oxygen atoms in total. The van der Waals surface area contributed by atoms with Gasteiger partial charge in [0.05, 0.1) is 19.1 Å². The highest BCUT2D eigenvalue weighted by molar-refractivity contribution is 6.06. The number of rotatable bonds is 3. The molecule has 0 spiro atoms. The summed E-state index contributed by atoms with van der Waals surface area (Å²) in [5, 5.41) is 14.1. The van der Waals surface area contributed by atoms with Crippen molar-refractivity contribution < 1.29 is 23.9 Å². The standard InChI is InChI=1S/C15H16N4O5/c1-3-11(19-6-8(20)4-12(19)21)16-9-5-10(24-7(9)2)13-14(22)18-15(23)17-13/h3,5,8,13,20H,1,4,6H2,2H3,(H2,17,18,22,23). The van der Waals surface area contributed by atoms with E-state index >= 15 is 0 Å². The molecule has 0 aliphatic carbocycles. The van der Waals surface area contributed by atoms with Gasteiger partial charge in [0, 0.05) is 6.07 Å². The minimum atomic E-state index is -0.914. The molecule has 0 aromatic carbocycles. The van der Waals surface area contributed by atoms with E-state index in [1.165, 1.54) is 17.0 Å². The molecule has 0 saturated carbocycles. The fraction of sp³-hybridized carbons (Fsp3) is 0.333. The summed E-state index contributed by atoms with van der Waals surface area (Å²) in [6.07, 6.45) is 0.712. The van der Waals surface area contributed by atoms with Crippen LogP contribution in [-0.2, 0) is 9.59 Å². The van der Waals surface area contributed by atoms with E-state index in [-0.39, 0.29) is 30.5 Å². The number of β-amino-alcohol motifs (C(OH)–C–C–N with tert-alkyl or cyclic N) is 1. The average molecular weight is 332 g/mol. The highest BCUT2D eigenvalue weighted by atomic mass is 16.3. The molecule has 2 aliphatic rings. The van der Waals surface area contributed by atoms with Gasteiger partial charge in [0.15, 0.2) is 6.04 Å². The lowest BCUT2D eigenvalue weighted by Gasteiger charge is -2.15. The van der Waals surface area contributed by atoms with Crippen molar-refractivity contribution in [3.8, 4) is 0 Å². The van der Waals surface area contributed by atoms with Crippen LogP contribution >= 0.6 is 0 Å². The van der Waals surface area contributed by atoms with Crippen molar-refractivity contribution in [3.63, 3.8) is 0 Å². The number of nitrogens with zero attached hydrogens (tertiary/aromatic N) is 2. The number of aliphatic hydroxyl groups excluding tert-OH is 1. The number of hydrogen-bond acceptors (Lipinski definition) is 6. The first-order valence-electron chi connectivity index (χ1n) is 7.30. The second-order valence-corrected chi connectivity index (χ2v) is 5.52. The van der Waals surface area contributed by atoms with E-state index < -0.39 is 24.1 Å². The quantitative estimate of drug-likeness (QED) is 0.416.